The molecule has 1 N–H and O–H groups in total. The Morgan fingerprint density at radius 2 is 1.69 bits per heavy atom. The summed E-state index contributed by atoms with van der Waals surface area (Å²) in [5.74, 6) is 5.99. The van der Waals surface area contributed by atoms with Gasteiger partial charge in [0, 0.05) is 24.2 Å². The zero-order valence-corrected chi connectivity index (χ0v) is 18.4. The van der Waals surface area contributed by atoms with Crippen LogP contribution in [0.25, 0.3) is 0 Å². The minimum Gasteiger partial charge on any atom is -0.493 e. The van der Waals surface area contributed by atoms with Crippen molar-refractivity contribution in [3.63, 3.8) is 0 Å². The Hall–Kier alpha value is -2.77. The summed E-state index contributed by atoms with van der Waals surface area (Å²) in [6.45, 7) is 0.638. The maximum absolute atomic E-state index is 12.2. The fourth-order valence-electron chi connectivity index (χ4n) is 6.60. The second-order valence-electron chi connectivity index (χ2n) is 9.82. The molecule has 4 saturated carbocycles. The second kappa shape index (κ2) is 9.00. The number of benzene rings is 2. The van der Waals surface area contributed by atoms with E-state index < -0.39 is 5.97 Å². The molecule has 2 aromatic carbocycles. The first-order chi connectivity index (χ1) is 15.6. The average molecular weight is 431 g/mol. The molecule has 0 atom stereocenters. The van der Waals surface area contributed by atoms with Crippen LogP contribution >= 0.6 is 0 Å². The third kappa shape index (κ3) is 4.27. The van der Waals surface area contributed by atoms with E-state index >= 15 is 0 Å². The van der Waals surface area contributed by atoms with Gasteiger partial charge in [-0.15, -0.1) is 0 Å². The van der Waals surface area contributed by atoms with E-state index in [4.69, 9.17) is 9.47 Å². The van der Waals surface area contributed by atoms with Crippen LogP contribution in [0.3, 0.4) is 0 Å². The third-order valence-corrected chi connectivity index (χ3v) is 7.50. The van der Waals surface area contributed by atoms with Crippen LogP contribution in [0.2, 0.25) is 0 Å². The molecule has 0 radical (unpaired) electrons. The van der Waals surface area contributed by atoms with Crippen molar-refractivity contribution in [2.75, 3.05) is 13.2 Å². The quantitative estimate of drug-likeness (QED) is 0.394. The fraction of sp³-hybridized carbons (Fsp3) is 0.464. The van der Waals surface area contributed by atoms with E-state index in [2.05, 4.69) is 18.1 Å². The first-order valence-corrected chi connectivity index (χ1v) is 11.8. The van der Waals surface area contributed by atoms with E-state index in [0.717, 1.165) is 29.1 Å². The van der Waals surface area contributed by atoms with Crippen molar-refractivity contribution in [1.29, 1.82) is 0 Å². The summed E-state index contributed by atoms with van der Waals surface area (Å²) in [6.07, 6.45) is 11.1. The van der Waals surface area contributed by atoms with Crippen molar-refractivity contribution in [2.24, 2.45) is 17.8 Å². The Morgan fingerprint density at radius 3 is 2.34 bits per heavy atom. The molecule has 6 rings (SSSR count). The monoisotopic (exact) mass is 430 g/mol. The molecular weight excluding hydrogens is 400 g/mol. The Morgan fingerprint density at radius 1 is 1.00 bits per heavy atom. The predicted molar refractivity (Wildman–Crippen MR) is 122 cm³/mol. The highest BCUT2D eigenvalue weighted by Gasteiger charge is 2.52. The van der Waals surface area contributed by atoms with E-state index in [0.29, 0.717) is 18.6 Å². The largest absolute Gasteiger partial charge is 0.493 e. The molecule has 4 fully saturated rings. The van der Waals surface area contributed by atoms with Gasteiger partial charge < -0.3 is 14.6 Å². The zero-order valence-electron chi connectivity index (χ0n) is 18.4. The van der Waals surface area contributed by atoms with E-state index in [-0.39, 0.29) is 12.0 Å². The van der Waals surface area contributed by atoms with Crippen LogP contribution in [0.1, 0.15) is 66.4 Å². The van der Waals surface area contributed by atoms with Crippen molar-refractivity contribution >= 4 is 5.97 Å². The number of aliphatic hydroxyl groups excluding tert-OH is 1. The van der Waals surface area contributed by atoms with Gasteiger partial charge in [0.1, 0.15) is 11.9 Å². The Bertz CT molecular complexity index is 995. The van der Waals surface area contributed by atoms with Gasteiger partial charge in [-0.1, -0.05) is 18.2 Å². The molecule has 0 heterocycles. The lowest BCUT2D eigenvalue weighted by molar-refractivity contribution is -0.00643. The van der Waals surface area contributed by atoms with E-state index in [1.165, 1.54) is 44.1 Å². The summed E-state index contributed by atoms with van der Waals surface area (Å²) >= 11 is 0. The topological polar surface area (TPSA) is 55.8 Å². The summed E-state index contributed by atoms with van der Waals surface area (Å²) < 4.78 is 11.3. The number of ether oxygens (including phenoxy) is 2. The minimum atomic E-state index is -0.441. The van der Waals surface area contributed by atoms with Crippen LogP contribution < -0.4 is 4.74 Å². The van der Waals surface area contributed by atoms with Crippen molar-refractivity contribution in [3.8, 4) is 17.8 Å². The SMILES string of the molecule is O=C(OC#Cc1ccc(OCCCO)c(C23CC4CC(CC(C4)C2)C3)c1)c1ccccc1. The number of aliphatic hydroxyl groups is 1. The second-order valence-corrected chi connectivity index (χ2v) is 9.82. The van der Waals surface area contributed by atoms with Crippen molar-refractivity contribution in [2.45, 2.75) is 50.4 Å². The number of hydrogen-bond acceptors (Lipinski definition) is 4. The molecule has 4 heteroatoms. The number of esters is 1. The molecule has 4 aliphatic carbocycles. The highest BCUT2D eigenvalue weighted by atomic mass is 16.5. The van der Waals surface area contributed by atoms with Gasteiger partial charge in [0.2, 0.25) is 0 Å². The van der Waals surface area contributed by atoms with Crippen LogP contribution in [-0.2, 0) is 10.2 Å². The average Bonchev–Trinajstić information content (AvgIpc) is 2.79. The van der Waals surface area contributed by atoms with Gasteiger partial charge in [-0.05, 0) is 97.9 Å². The van der Waals surface area contributed by atoms with Gasteiger partial charge in [0.15, 0.2) is 0 Å². The molecule has 0 amide bonds. The smallest absolute Gasteiger partial charge is 0.352 e. The number of carbonyl (C=O) groups excluding carboxylic acids is 1. The van der Waals surface area contributed by atoms with E-state index in [9.17, 15) is 9.90 Å². The highest BCUT2D eigenvalue weighted by molar-refractivity contribution is 5.90. The van der Waals surface area contributed by atoms with Crippen LogP contribution in [-0.4, -0.2) is 24.3 Å². The van der Waals surface area contributed by atoms with Gasteiger partial charge >= 0.3 is 5.97 Å². The fourth-order valence-corrected chi connectivity index (χ4v) is 6.60. The van der Waals surface area contributed by atoms with Crippen molar-refractivity contribution < 1.29 is 19.4 Å². The Kier molecular flexibility index (Phi) is 5.93. The molecule has 32 heavy (non-hydrogen) atoms. The molecule has 4 bridgehead atoms. The third-order valence-electron chi connectivity index (χ3n) is 7.50. The highest BCUT2D eigenvalue weighted by Crippen LogP contribution is 2.61. The molecule has 0 unspecified atom stereocenters. The molecular formula is C28H30O4. The summed E-state index contributed by atoms with van der Waals surface area (Å²) in [5, 5.41) is 9.17. The lowest BCUT2D eigenvalue weighted by Crippen LogP contribution is -2.48. The summed E-state index contributed by atoms with van der Waals surface area (Å²) in [6, 6.07) is 15.0. The molecule has 166 valence electrons. The lowest BCUT2D eigenvalue weighted by Gasteiger charge is -2.57. The lowest BCUT2D eigenvalue weighted by atomic mass is 9.48. The molecule has 2 aromatic rings. The molecule has 4 nitrogen and oxygen atoms in total. The molecule has 0 spiro atoms. The molecule has 0 saturated heterocycles. The zero-order chi connectivity index (χ0) is 22.0. The van der Waals surface area contributed by atoms with Gasteiger partial charge in [-0.25, -0.2) is 4.79 Å². The van der Waals surface area contributed by atoms with E-state index in [1.54, 1.807) is 24.3 Å². The molecule has 0 aliphatic heterocycles. The predicted octanol–water partition coefficient (Wildman–Crippen LogP) is 5.08. The van der Waals surface area contributed by atoms with Crippen LogP contribution in [0.4, 0.5) is 0 Å². The number of rotatable bonds is 6. The van der Waals surface area contributed by atoms with E-state index in [1.807, 2.05) is 18.2 Å². The van der Waals surface area contributed by atoms with Gasteiger partial charge in [0.25, 0.3) is 0 Å². The maximum atomic E-state index is 12.2. The van der Waals surface area contributed by atoms with Crippen LogP contribution in [0.15, 0.2) is 48.5 Å². The first-order valence-electron chi connectivity index (χ1n) is 11.8. The molecule has 4 aliphatic rings. The van der Waals surface area contributed by atoms with Crippen molar-refractivity contribution in [3.05, 3.63) is 65.2 Å². The Balaban J connectivity index is 1.40. The maximum Gasteiger partial charge on any atom is 0.352 e. The standard InChI is InChI=1S/C28H30O4/c29-10-4-11-31-26-8-7-20(9-12-32-27(30)24-5-2-1-3-6-24)16-25(26)28-17-21-13-22(18-28)15-23(14-21)19-28/h1-3,5-8,16,21-23,29H,4,10-11,13-15,17-19H2. The summed E-state index contributed by atoms with van der Waals surface area (Å²) in [4.78, 5) is 12.2. The molecule has 0 aromatic heterocycles. The number of hydrogen-bond donors (Lipinski definition) is 1. The van der Waals surface area contributed by atoms with Gasteiger partial charge in [-0.2, -0.15) is 0 Å². The van der Waals surface area contributed by atoms with Gasteiger partial charge in [0.05, 0.1) is 12.2 Å². The first kappa shape index (κ1) is 21.1. The minimum absolute atomic E-state index is 0.128. The van der Waals surface area contributed by atoms with Crippen molar-refractivity contribution in [1.82, 2.24) is 0 Å². The number of carbonyl (C=O) groups is 1. The normalized spacial score (nSPS) is 27.5. The van der Waals surface area contributed by atoms with Gasteiger partial charge in [-0.3, -0.25) is 0 Å². The summed E-state index contributed by atoms with van der Waals surface area (Å²) in [5.41, 5.74) is 2.76. The Labute approximate surface area is 189 Å². The van der Waals surface area contributed by atoms with Crippen LogP contribution in [0, 0.1) is 29.8 Å². The van der Waals surface area contributed by atoms with Crippen LogP contribution in [0.5, 0.6) is 5.75 Å². The summed E-state index contributed by atoms with van der Waals surface area (Å²) in [7, 11) is 0.